The molecule has 0 spiro atoms. The zero-order chi connectivity index (χ0) is 14.5. The van der Waals surface area contributed by atoms with Crippen molar-refractivity contribution in [1.29, 1.82) is 0 Å². The molecule has 0 saturated heterocycles. The molecule has 0 aromatic heterocycles. The van der Waals surface area contributed by atoms with Gasteiger partial charge in [-0.1, -0.05) is 58.9 Å². The van der Waals surface area contributed by atoms with Crippen LogP contribution >= 0.6 is 11.8 Å². The van der Waals surface area contributed by atoms with E-state index in [1.807, 2.05) is 11.8 Å². The van der Waals surface area contributed by atoms with Crippen molar-refractivity contribution in [3.63, 3.8) is 0 Å². The summed E-state index contributed by atoms with van der Waals surface area (Å²) in [5.74, 6) is 2.66. The fourth-order valence-corrected chi connectivity index (χ4v) is 2.91. The first-order valence-corrected chi connectivity index (χ1v) is 8.29. The van der Waals surface area contributed by atoms with Crippen molar-refractivity contribution in [3.8, 4) is 0 Å². The Hall–Kier alpha value is -0.470. The smallest absolute Gasteiger partial charge is 0.0670 e. The molecule has 0 aliphatic heterocycles. The van der Waals surface area contributed by atoms with Crippen molar-refractivity contribution in [2.24, 2.45) is 5.92 Å². The maximum absolute atomic E-state index is 10.0. The molecule has 0 heterocycles. The fraction of sp³-hybridized carbons (Fsp3) is 0.647. The molecule has 0 radical (unpaired) electrons. The maximum Gasteiger partial charge on any atom is 0.0670 e. The average molecular weight is 280 g/mol. The van der Waals surface area contributed by atoms with E-state index in [-0.39, 0.29) is 11.5 Å². The van der Waals surface area contributed by atoms with Crippen LogP contribution in [0.2, 0.25) is 0 Å². The van der Waals surface area contributed by atoms with Gasteiger partial charge in [0.15, 0.2) is 0 Å². The average Bonchev–Trinajstić information content (AvgIpc) is 2.27. The van der Waals surface area contributed by atoms with E-state index in [4.69, 9.17) is 0 Å². The SMILES string of the molecule is CC(C)CSCC(O)Cc1ccc(C(C)(C)C)cc1. The second-order valence-electron chi connectivity index (χ2n) is 6.74. The molecule has 1 atom stereocenters. The van der Waals surface area contributed by atoms with E-state index >= 15 is 0 Å². The molecular weight excluding hydrogens is 252 g/mol. The molecule has 1 N–H and O–H groups in total. The normalized spacial score (nSPS) is 13.8. The van der Waals surface area contributed by atoms with Crippen LogP contribution < -0.4 is 0 Å². The van der Waals surface area contributed by atoms with Crippen LogP contribution in [0.3, 0.4) is 0 Å². The van der Waals surface area contributed by atoms with Gasteiger partial charge in [-0.05, 0) is 34.6 Å². The summed E-state index contributed by atoms with van der Waals surface area (Å²) < 4.78 is 0. The van der Waals surface area contributed by atoms with Crippen molar-refractivity contribution in [1.82, 2.24) is 0 Å². The molecule has 1 nitrogen and oxygen atoms in total. The molecule has 0 aliphatic rings. The van der Waals surface area contributed by atoms with E-state index < -0.39 is 0 Å². The van der Waals surface area contributed by atoms with Crippen molar-refractivity contribution >= 4 is 11.8 Å². The molecule has 0 aliphatic carbocycles. The molecule has 0 amide bonds. The standard InChI is InChI=1S/C17H28OS/c1-13(2)11-19-12-16(18)10-14-6-8-15(9-7-14)17(3,4)5/h6-9,13,16,18H,10-12H2,1-5H3. The van der Waals surface area contributed by atoms with E-state index in [1.54, 1.807) is 0 Å². The minimum absolute atomic E-state index is 0.199. The van der Waals surface area contributed by atoms with Gasteiger partial charge < -0.3 is 5.11 Å². The number of aliphatic hydroxyl groups is 1. The second-order valence-corrected chi connectivity index (χ2v) is 7.81. The third-order valence-corrected chi connectivity index (χ3v) is 4.58. The largest absolute Gasteiger partial charge is 0.392 e. The summed E-state index contributed by atoms with van der Waals surface area (Å²) in [6.45, 7) is 11.1. The summed E-state index contributed by atoms with van der Waals surface area (Å²) >= 11 is 1.85. The molecule has 0 saturated carbocycles. The molecule has 1 aromatic rings. The topological polar surface area (TPSA) is 20.2 Å². The number of thioether (sulfide) groups is 1. The Kier molecular flexibility index (Phi) is 6.41. The molecule has 0 fully saturated rings. The Morgan fingerprint density at radius 1 is 1.05 bits per heavy atom. The second kappa shape index (κ2) is 7.35. The molecule has 1 aromatic carbocycles. The highest BCUT2D eigenvalue weighted by Gasteiger charge is 2.13. The van der Waals surface area contributed by atoms with Crippen LogP contribution in [0.25, 0.3) is 0 Å². The molecule has 2 heteroatoms. The van der Waals surface area contributed by atoms with E-state index in [0.717, 1.165) is 17.9 Å². The van der Waals surface area contributed by atoms with Gasteiger partial charge in [-0.3, -0.25) is 0 Å². The summed E-state index contributed by atoms with van der Waals surface area (Å²) in [4.78, 5) is 0. The van der Waals surface area contributed by atoms with Gasteiger partial charge in [-0.15, -0.1) is 0 Å². The monoisotopic (exact) mass is 280 g/mol. The van der Waals surface area contributed by atoms with Gasteiger partial charge in [-0.2, -0.15) is 11.8 Å². The summed E-state index contributed by atoms with van der Waals surface area (Å²) in [5.41, 5.74) is 2.77. The Bertz CT molecular complexity index is 362. The van der Waals surface area contributed by atoms with Crippen molar-refractivity contribution in [2.75, 3.05) is 11.5 Å². The minimum Gasteiger partial charge on any atom is -0.392 e. The van der Waals surface area contributed by atoms with Gasteiger partial charge in [0.05, 0.1) is 6.10 Å². The molecule has 108 valence electrons. The van der Waals surface area contributed by atoms with Gasteiger partial charge in [-0.25, -0.2) is 0 Å². The lowest BCUT2D eigenvalue weighted by Gasteiger charge is -2.19. The highest BCUT2D eigenvalue weighted by Crippen LogP contribution is 2.22. The Labute approximate surface area is 122 Å². The van der Waals surface area contributed by atoms with Crippen LogP contribution in [0, 0.1) is 5.92 Å². The third-order valence-electron chi connectivity index (χ3n) is 3.05. The maximum atomic E-state index is 10.0. The summed E-state index contributed by atoms with van der Waals surface area (Å²) in [5, 5.41) is 10.0. The van der Waals surface area contributed by atoms with E-state index in [1.165, 1.54) is 11.1 Å². The molecule has 1 rings (SSSR count). The molecule has 0 bridgehead atoms. The Morgan fingerprint density at radius 2 is 1.63 bits per heavy atom. The number of benzene rings is 1. The predicted octanol–water partition coefficient (Wildman–Crippen LogP) is 4.28. The number of hydrogen-bond acceptors (Lipinski definition) is 2. The lowest BCUT2D eigenvalue weighted by Crippen LogP contribution is -2.15. The number of aliphatic hydroxyl groups excluding tert-OH is 1. The quantitative estimate of drug-likeness (QED) is 0.839. The zero-order valence-electron chi connectivity index (χ0n) is 12.9. The van der Waals surface area contributed by atoms with Crippen molar-refractivity contribution < 1.29 is 5.11 Å². The van der Waals surface area contributed by atoms with Crippen LogP contribution in [-0.4, -0.2) is 22.7 Å². The highest BCUT2D eigenvalue weighted by atomic mass is 32.2. The van der Waals surface area contributed by atoms with Crippen molar-refractivity contribution in [3.05, 3.63) is 35.4 Å². The van der Waals surface area contributed by atoms with Gasteiger partial charge >= 0.3 is 0 Å². The number of hydrogen-bond donors (Lipinski definition) is 1. The van der Waals surface area contributed by atoms with Crippen LogP contribution in [-0.2, 0) is 11.8 Å². The van der Waals surface area contributed by atoms with Gasteiger partial charge in [0.25, 0.3) is 0 Å². The van der Waals surface area contributed by atoms with Crippen LogP contribution in [0.1, 0.15) is 45.7 Å². The summed E-state index contributed by atoms with van der Waals surface area (Å²) in [6.07, 6.45) is 0.527. The third kappa shape index (κ3) is 6.49. The van der Waals surface area contributed by atoms with E-state index in [0.29, 0.717) is 5.92 Å². The van der Waals surface area contributed by atoms with Crippen LogP contribution in [0.5, 0.6) is 0 Å². The highest BCUT2D eigenvalue weighted by molar-refractivity contribution is 7.99. The van der Waals surface area contributed by atoms with Gasteiger partial charge in [0.2, 0.25) is 0 Å². The van der Waals surface area contributed by atoms with E-state index in [9.17, 15) is 5.11 Å². The lowest BCUT2D eigenvalue weighted by atomic mass is 9.86. The first-order valence-electron chi connectivity index (χ1n) is 7.14. The van der Waals surface area contributed by atoms with Gasteiger partial charge in [0, 0.05) is 5.75 Å². The minimum atomic E-state index is -0.232. The Morgan fingerprint density at radius 3 is 2.11 bits per heavy atom. The zero-order valence-corrected chi connectivity index (χ0v) is 13.8. The lowest BCUT2D eigenvalue weighted by molar-refractivity contribution is 0.200. The van der Waals surface area contributed by atoms with Crippen molar-refractivity contribution in [2.45, 2.75) is 52.6 Å². The first kappa shape index (κ1) is 16.6. The molecule has 19 heavy (non-hydrogen) atoms. The first-order chi connectivity index (χ1) is 8.79. The van der Waals surface area contributed by atoms with E-state index in [2.05, 4.69) is 58.9 Å². The van der Waals surface area contributed by atoms with Crippen LogP contribution in [0.4, 0.5) is 0 Å². The summed E-state index contributed by atoms with van der Waals surface area (Å²) in [7, 11) is 0. The molecular formula is C17H28OS. The van der Waals surface area contributed by atoms with Crippen LogP contribution in [0.15, 0.2) is 24.3 Å². The Balaban J connectivity index is 2.44. The molecule has 1 unspecified atom stereocenters. The predicted molar refractivity (Wildman–Crippen MR) is 87.0 cm³/mol. The van der Waals surface area contributed by atoms with Gasteiger partial charge in [0.1, 0.15) is 0 Å². The fourth-order valence-electron chi connectivity index (χ4n) is 1.91. The number of rotatable bonds is 6. The summed E-state index contributed by atoms with van der Waals surface area (Å²) in [6, 6.07) is 8.67.